The van der Waals surface area contributed by atoms with Gasteiger partial charge in [-0.15, -0.1) is 0 Å². The fourth-order valence-corrected chi connectivity index (χ4v) is 2.72. The number of aromatic nitrogens is 1. The fraction of sp³-hybridized carbons (Fsp3) is 0.176. The Labute approximate surface area is 132 Å². The van der Waals surface area contributed by atoms with E-state index in [-0.39, 0.29) is 0 Å². The van der Waals surface area contributed by atoms with Crippen LogP contribution in [0.25, 0.3) is 10.9 Å². The molecule has 0 atom stereocenters. The van der Waals surface area contributed by atoms with Gasteiger partial charge < -0.3 is 15.0 Å². The van der Waals surface area contributed by atoms with Crippen LogP contribution in [0.1, 0.15) is 5.56 Å². The van der Waals surface area contributed by atoms with E-state index in [0.717, 1.165) is 16.8 Å². The highest BCUT2D eigenvalue weighted by Crippen LogP contribution is 2.20. The smallest absolute Gasteiger partial charge is 0.119 e. The van der Waals surface area contributed by atoms with Crippen molar-refractivity contribution >= 4 is 26.8 Å². The first-order valence-electron chi connectivity index (χ1n) is 6.93. The third-order valence-corrected chi connectivity index (χ3v) is 4.07. The number of ether oxygens (including phenoxy) is 1. The Morgan fingerprint density at radius 2 is 1.86 bits per heavy atom. The average molecular weight is 345 g/mol. The molecule has 108 valence electrons. The van der Waals surface area contributed by atoms with E-state index in [1.54, 1.807) is 0 Å². The van der Waals surface area contributed by atoms with Gasteiger partial charge in [0.25, 0.3) is 0 Å². The maximum Gasteiger partial charge on any atom is 0.119 e. The molecular weight excluding hydrogens is 328 g/mol. The van der Waals surface area contributed by atoms with Gasteiger partial charge in [-0.25, -0.2) is 0 Å². The monoisotopic (exact) mass is 344 g/mol. The standard InChI is InChI=1S/C17H17BrN2O/c18-14-4-6-15(7-5-14)21-11-10-20-9-8-16-13(12-19)2-1-3-17(16)20/h1-9H,10-12,19H2. The number of nitrogens with zero attached hydrogens (tertiary/aromatic N) is 1. The number of rotatable bonds is 5. The van der Waals surface area contributed by atoms with Crippen LogP contribution in [0.5, 0.6) is 5.75 Å². The quantitative estimate of drug-likeness (QED) is 0.761. The number of nitrogens with two attached hydrogens (primary N) is 1. The zero-order valence-corrected chi connectivity index (χ0v) is 13.2. The van der Waals surface area contributed by atoms with Crippen molar-refractivity contribution in [3.05, 3.63) is 64.8 Å². The predicted molar refractivity (Wildman–Crippen MR) is 89.5 cm³/mol. The molecule has 1 aromatic heterocycles. The van der Waals surface area contributed by atoms with Gasteiger partial charge in [0.2, 0.25) is 0 Å². The zero-order valence-electron chi connectivity index (χ0n) is 11.6. The van der Waals surface area contributed by atoms with Crippen LogP contribution in [0.2, 0.25) is 0 Å². The van der Waals surface area contributed by atoms with Crippen LogP contribution in [0, 0.1) is 0 Å². The summed E-state index contributed by atoms with van der Waals surface area (Å²) in [7, 11) is 0. The molecule has 0 saturated heterocycles. The Morgan fingerprint density at radius 1 is 1.05 bits per heavy atom. The molecule has 4 heteroatoms. The lowest BCUT2D eigenvalue weighted by molar-refractivity contribution is 0.300. The maximum absolute atomic E-state index is 5.78. The number of hydrogen-bond acceptors (Lipinski definition) is 2. The molecule has 2 aromatic carbocycles. The van der Waals surface area contributed by atoms with Gasteiger partial charge >= 0.3 is 0 Å². The van der Waals surface area contributed by atoms with Gasteiger partial charge in [0.1, 0.15) is 12.4 Å². The first-order chi connectivity index (χ1) is 10.3. The molecule has 1 heterocycles. The molecule has 0 aliphatic rings. The Balaban J connectivity index is 1.69. The van der Waals surface area contributed by atoms with Gasteiger partial charge in [-0.2, -0.15) is 0 Å². The van der Waals surface area contributed by atoms with Crippen molar-refractivity contribution in [2.24, 2.45) is 5.73 Å². The van der Waals surface area contributed by atoms with Gasteiger partial charge in [0.15, 0.2) is 0 Å². The van der Waals surface area contributed by atoms with E-state index in [0.29, 0.717) is 13.2 Å². The Hall–Kier alpha value is -1.78. The summed E-state index contributed by atoms with van der Waals surface area (Å²) < 4.78 is 9.03. The molecule has 0 amide bonds. The van der Waals surface area contributed by atoms with Crippen LogP contribution >= 0.6 is 15.9 Å². The minimum absolute atomic E-state index is 0.566. The van der Waals surface area contributed by atoms with Crippen molar-refractivity contribution in [1.29, 1.82) is 0 Å². The summed E-state index contributed by atoms with van der Waals surface area (Å²) in [5.74, 6) is 0.886. The highest BCUT2D eigenvalue weighted by atomic mass is 79.9. The summed E-state index contributed by atoms with van der Waals surface area (Å²) in [6, 6.07) is 16.3. The second kappa shape index (κ2) is 6.33. The number of hydrogen-bond donors (Lipinski definition) is 1. The maximum atomic E-state index is 5.78. The van der Waals surface area contributed by atoms with Crippen LogP contribution in [-0.4, -0.2) is 11.2 Å². The van der Waals surface area contributed by atoms with E-state index in [1.807, 2.05) is 24.3 Å². The summed E-state index contributed by atoms with van der Waals surface area (Å²) >= 11 is 3.42. The molecule has 21 heavy (non-hydrogen) atoms. The second-order valence-electron chi connectivity index (χ2n) is 4.87. The lowest BCUT2D eigenvalue weighted by Crippen LogP contribution is -2.07. The van der Waals surface area contributed by atoms with Crippen LogP contribution in [0.15, 0.2) is 59.2 Å². The fourth-order valence-electron chi connectivity index (χ4n) is 2.45. The van der Waals surface area contributed by atoms with E-state index >= 15 is 0 Å². The molecule has 0 aliphatic heterocycles. The summed E-state index contributed by atoms with van der Waals surface area (Å²) in [5.41, 5.74) is 8.16. The molecule has 2 N–H and O–H groups in total. The van der Waals surface area contributed by atoms with E-state index in [1.165, 1.54) is 16.5 Å². The molecule has 0 unspecified atom stereocenters. The number of benzene rings is 2. The molecule has 3 nitrogen and oxygen atoms in total. The third-order valence-electron chi connectivity index (χ3n) is 3.54. The largest absolute Gasteiger partial charge is 0.492 e. The SMILES string of the molecule is NCc1cccc2c1ccn2CCOc1ccc(Br)cc1. The van der Waals surface area contributed by atoms with E-state index in [4.69, 9.17) is 10.5 Å². The van der Waals surface area contributed by atoms with Gasteiger partial charge in [-0.05, 0) is 42.0 Å². The van der Waals surface area contributed by atoms with Crippen molar-refractivity contribution in [3.8, 4) is 5.75 Å². The predicted octanol–water partition coefficient (Wildman–Crippen LogP) is 3.94. The molecule has 3 rings (SSSR count). The molecule has 3 aromatic rings. The van der Waals surface area contributed by atoms with E-state index in [2.05, 4.69) is 51.0 Å². The summed E-state index contributed by atoms with van der Waals surface area (Å²) in [6.07, 6.45) is 2.09. The van der Waals surface area contributed by atoms with Crippen LogP contribution in [-0.2, 0) is 13.1 Å². The van der Waals surface area contributed by atoms with Crippen molar-refractivity contribution in [2.45, 2.75) is 13.1 Å². The van der Waals surface area contributed by atoms with Crippen molar-refractivity contribution in [3.63, 3.8) is 0 Å². The van der Waals surface area contributed by atoms with Crippen LogP contribution in [0.4, 0.5) is 0 Å². The van der Waals surface area contributed by atoms with Crippen molar-refractivity contribution in [2.75, 3.05) is 6.61 Å². The first-order valence-corrected chi connectivity index (χ1v) is 7.72. The molecule has 0 saturated carbocycles. The molecule has 0 spiro atoms. The summed E-state index contributed by atoms with van der Waals surface area (Å²) in [6.45, 7) is 2.02. The van der Waals surface area contributed by atoms with Crippen LogP contribution in [0.3, 0.4) is 0 Å². The van der Waals surface area contributed by atoms with Crippen LogP contribution < -0.4 is 10.5 Å². The first kappa shape index (κ1) is 14.2. The Kier molecular flexibility index (Phi) is 4.27. The van der Waals surface area contributed by atoms with Gasteiger partial charge in [0.05, 0.1) is 6.54 Å². The minimum Gasteiger partial charge on any atom is -0.492 e. The van der Waals surface area contributed by atoms with E-state index < -0.39 is 0 Å². The number of halogens is 1. The normalized spacial score (nSPS) is 11.0. The van der Waals surface area contributed by atoms with Crippen molar-refractivity contribution < 1.29 is 4.74 Å². The van der Waals surface area contributed by atoms with Gasteiger partial charge in [0, 0.05) is 28.1 Å². The summed E-state index contributed by atoms with van der Waals surface area (Å²) in [4.78, 5) is 0. The highest BCUT2D eigenvalue weighted by molar-refractivity contribution is 9.10. The average Bonchev–Trinajstić information content (AvgIpc) is 2.92. The molecule has 0 aliphatic carbocycles. The second-order valence-corrected chi connectivity index (χ2v) is 5.78. The van der Waals surface area contributed by atoms with Gasteiger partial charge in [-0.1, -0.05) is 28.1 Å². The molecular formula is C17H17BrN2O. The molecule has 0 radical (unpaired) electrons. The minimum atomic E-state index is 0.566. The Morgan fingerprint density at radius 3 is 2.62 bits per heavy atom. The molecule has 0 bridgehead atoms. The lowest BCUT2D eigenvalue weighted by atomic mass is 10.1. The zero-order chi connectivity index (χ0) is 14.7. The summed E-state index contributed by atoms with van der Waals surface area (Å²) in [5, 5.41) is 1.23. The topological polar surface area (TPSA) is 40.2 Å². The lowest BCUT2D eigenvalue weighted by Gasteiger charge is -2.09. The third kappa shape index (κ3) is 3.12. The van der Waals surface area contributed by atoms with Crippen molar-refractivity contribution in [1.82, 2.24) is 4.57 Å². The highest BCUT2D eigenvalue weighted by Gasteiger charge is 2.04. The Bertz CT molecular complexity index is 734. The van der Waals surface area contributed by atoms with E-state index in [9.17, 15) is 0 Å². The molecule has 0 fully saturated rings. The number of fused-ring (bicyclic) bond motifs is 1. The van der Waals surface area contributed by atoms with Gasteiger partial charge in [-0.3, -0.25) is 0 Å².